The van der Waals surface area contributed by atoms with Gasteiger partial charge in [0.05, 0.1) is 20.3 Å². The molecule has 0 heterocycles. The molecule has 6 heteroatoms. The van der Waals surface area contributed by atoms with E-state index in [9.17, 15) is 4.79 Å². The Bertz CT molecular complexity index is 530. The van der Waals surface area contributed by atoms with Crippen LogP contribution in [-0.4, -0.2) is 38.7 Å². The maximum atomic E-state index is 11.3. The molecule has 2 N–H and O–H groups in total. The summed E-state index contributed by atoms with van der Waals surface area (Å²) in [5.41, 5.74) is 1.14. The number of hydrogen-bond donors (Lipinski definition) is 2. The minimum atomic E-state index is -0.0919. The number of unbranched alkanes of at least 4 members (excludes halogenated alkanes) is 3. The Morgan fingerprint density at radius 2 is 1.77 bits per heavy atom. The first kappa shape index (κ1) is 21.8. The van der Waals surface area contributed by atoms with Gasteiger partial charge in [-0.2, -0.15) is 0 Å². The smallest absolute Gasteiger partial charge is 0.305 e. The molecule has 0 saturated carbocycles. The number of methoxy groups -OCH3 is 1. The van der Waals surface area contributed by atoms with Crippen LogP contribution >= 0.6 is 0 Å². The van der Waals surface area contributed by atoms with Crippen molar-refractivity contribution in [2.45, 2.75) is 52.5 Å². The van der Waals surface area contributed by atoms with E-state index in [2.05, 4.69) is 22.5 Å². The molecule has 0 bridgehead atoms. The Labute approximate surface area is 157 Å². The van der Waals surface area contributed by atoms with Gasteiger partial charge in [-0.25, -0.2) is 4.99 Å². The lowest BCUT2D eigenvalue weighted by Crippen LogP contribution is -2.37. The molecule has 6 nitrogen and oxygen atoms in total. The molecule has 0 aliphatic heterocycles. The van der Waals surface area contributed by atoms with Crippen molar-refractivity contribution in [2.75, 3.05) is 26.8 Å². The minimum Gasteiger partial charge on any atom is -0.497 e. The number of carbonyl (C=O) groups excluding carboxylic acids is 1. The number of benzene rings is 1. The quantitative estimate of drug-likeness (QED) is 0.258. The molecule has 0 atom stereocenters. The standard InChI is InChI=1S/C20H33N3O3/c1-4-21-20(23-16-17-11-13-18(25-3)14-12-17)22-15-9-7-6-8-10-19(24)26-5-2/h11-14H,4-10,15-16H2,1-3H3,(H2,21,22,23). The normalized spacial score (nSPS) is 11.1. The molecule has 0 aliphatic carbocycles. The molecule has 0 aromatic heterocycles. The van der Waals surface area contributed by atoms with Crippen molar-refractivity contribution in [1.82, 2.24) is 10.6 Å². The Morgan fingerprint density at radius 1 is 1.04 bits per heavy atom. The molecule has 0 spiro atoms. The average molecular weight is 364 g/mol. The molecule has 1 aromatic rings. The van der Waals surface area contributed by atoms with E-state index in [0.717, 1.165) is 56.0 Å². The van der Waals surface area contributed by atoms with Gasteiger partial charge in [-0.15, -0.1) is 0 Å². The number of rotatable bonds is 12. The van der Waals surface area contributed by atoms with Gasteiger partial charge in [0.25, 0.3) is 0 Å². The van der Waals surface area contributed by atoms with Gasteiger partial charge < -0.3 is 20.1 Å². The van der Waals surface area contributed by atoms with Gasteiger partial charge in [-0.3, -0.25) is 4.79 Å². The third-order valence-corrected chi connectivity index (χ3v) is 3.83. The second kappa shape index (κ2) is 14.0. The molecule has 1 aromatic carbocycles. The zero-order valence-electron chi connectivity index (χ0n) is 16.3. The number of nitrogens with zero attached hydrogens (tertiary/aromatic N) is 1. The van der Waals surface area contributed by atoms with Crippen molar-refractivity contribution in [3.05, 3.63) is 29.8 Å². The number of aliphatic imine (C=N–C) groups is 1. The lowest BCUT2D eigenvalue weighted by Gasteiger charge is -2.11. The summed E-state index contributed by atoms with van der Waals surface area (Å²) in [5, 5.41) is 6.62. The fourth-order valence-electron chi connectivity index (χ4n) is 2.43. The highest BCUT2D eigenvalue weighted by atomic mass is 16.5. The van der Waals surface area contributed by atoms with Crippen molar-refractivity contribution in [1.29, 1.82) is 0 Å². The number of guanidine groups is 1. The minimum absolute atomic E-state index is 0.0919. The van der Waals surface area contributed by atoms with Crippen LogP contribution < -0.4 is 15.4 Å². The van der Waals surface area contributed by atoms with Gasteiger partial charge in [-0.1, -0.05) is 25.0 Å². The maximum absolute atomic E-state index is 11.3. The molecular formula is C20H33N3O3. The SMILES string of the molecule is CCNC(=NCc1ccc(OC)cc1)NCCCCCCC(=O)OCC. The summed E-state index contributed by atoms with van der Waals surface area (Å²) in [7, 11) is 1.66. The molecule has 0 saturated heterocycles. The van der Waals surface area contributed by atoms with Crippen molar-refractivity contribution in [2.24, 2.45) is 4.99 Å². The maximum Gasteiger partial charge on any atom is 0.305 e. The first-order chi connectivity index (χ1) is 12.7. The van der Waals surface area contributed by atoms with Crippen molar-refractivity contribution in [3.63, 3.8) is 0 Å². The summed E-state index contributed by atoms with van der Waals surface area (Å²) in [4.78, 5) is 15.9. The van der Waals surface area contributed by atoms with Crippen LogP contribution in [0.4, 0.5) is 0 Å². The molecule has 26 heavy (non-hydrogen) atoms. The summed E-state index contributed by atoms with van der Waals surface area (Å²) >= 11 is 0. The second-order valence-electron chi connectivity index (χ2n) is 5.94. The highest BCUT2D eigenvalue weighted by Gasteiger charge is 2.01. The number of carbonyl (C=O) groups is 1. The lowest BCUT2D eigenvalue weighted by molar-refractivity contribution is -0.143. The largest absolute Gasteiger partial charge is 0.497 e. The number of esters is 1. The van der Waals surface area contributed by atoms with E-state index in [4.69, 9.17) is 9.47 Å². The first-order valence-electron chi connectivity index (χ1n) is 9.50. The Balaban J connectivity index is 2.24. The third kappa shape index (κ3) is 9.91. The van der Waals surface area contributed by atoms with E-state index in [0.29, 0.717) is 19.6 Å². The first-order valence-corrected chi connectivity index (χ1v) is 9.50. The molecular weight excluding hydrogens is 330 g/mol. The predicted molar refractivity (Wildman–Crippen MR) is 106 cm³/mol. The molecule has 0 radical (unpaired) electrons. The molecule has 1 rings (SSSR count). The van der Waals surface area contributed by atoms with Crippen molar-refractivity contribution >= 4 is 11.9 Å². The lowest BCUT2D eigenvalue weighted by atomic mass is 10.1. The highest BCUT2D eigenvalue weighted by molar-refractivity contribution is 5.79. The van der Waals surface area contributed by atoms with E-state index in [1.54, 1.807) is 7.11 Å². The van der Waals surface area contributed by atoms with Gasteiger partial charge >= 0.3 is 5.97 Å². The summed E-state index contributed by atoms with van der Waals surface area (Å²) in [6, 6.07) is 7.94. The predicted octanol–water partition coefficient (Wildman–Crippen LogP) is 3.26. The fourth-order valence-corrected chi connectivity index (χ4v) is 2.43. The molecule has 0 unspecified atom stereocenters. The van der Waals surface area contributed by atoms with Crippen LogP contribution in [0.5, 0.6) is 5.75 Å². The van der Waals surface area contributed by atoms with Crippen LogP contribution in [-0.2, 0) is 16.1 Å². The van der Waals surface area contributed by atoms with E-state index >= 15 is 0 Å². The highest BCUT2D eigenvalue weighted by Crippen LogP contribution is 2.11. The van der Waals surface area contributed by atoms with Crippen molar-refractivity contribution in [3.8, 4) is 5.75 Å². The Hall–Kier alpha value is -2.24. The van der Waals surface area contributed by atoms with Gasteiger partial charge in [0.15, 0.2) is 5.96 Å². The summed E-state index contributed by atoms with van der Waals surface area (Å²) in [5.74, 6) is 1.59. The molecule has 0 aliphatic rings. The number of nitrogens with one attached hydrogen (secondary N) is 2. The van der Waals surface area contributed by atoms with Crippen LogP contribution in [0.15, 0.2) is 29.3 Å². The van der Waals surface area contributed by atoms with Gasteiger partial charge in [-0.05, 0) is 44.4 Å². The van der Waals surface area contributed by atoms with E-state index < -0.39 is 0 Å². The molecule has 0 amide bonds. The van der Waals surface area contributed by atoms with Crippen LogP contribution in [0, 0.1) is 0 Å². The van der Waals surface area contributed by atoms with Crippen LogP contribution in [0.25, 0.3) is 0 Å². The van der Waals surface area contributed by atoms with E-state index in [-0.39, 0.29) is 5.97 Å². The van der Waals surface area contributed by atoms with Crippen LogP contribution in [0.1, 0.15) is 51.5 Å². The molecule has 146 valence electrons. The van der Waals surface area contributed by atoms with Crippen molar-refractivity contribution < 1.29 is 14.3 Å². The van der Waals surface area contributed by atoms with Gasteiger partial charge in [0.1, 0.15) is 5.75 Å². The monoisotopic (exact) mass is 363 g/mol. The fraction of sp³-hybridized carbons (Fsp3) is 0.600. The Morgan fingerprint density at radius 3 is 2.42 bits per heavy atom. The van der Waals surface area contributed by atoms with E-state index in [1.807, 2.05) is 31.2 Å². The summed E-state index contributed by atoms with van der Waals surface area (Å²) < 4.78 is 10.1. The second-order valence-corrected chi connectivity index (χ2v) is 5.94. The van der Waals surface area contributed by atoms with Crippen LogP contribution in [0.3, 0.4) is 0 Å². The van der Waals surface area contributed by atoms with E-state index in [1.165, 1.54) is 0 Å². The Kier molecular flexibility index (Phi) is 11.7. The van der Waals surface area contributed by atoms with Gasteiger partial charge in [0, 0.05) is 19.5 Å². The summed E-state index contributed by atoms with van der Waals surface area (Å²) in [6.07, 6.45) is 4.60. The summed E-state index contributed by atoms with van der Waals surface area (Å²) in [6.45, 7) is 6.67. The van der Waals surface area contributed by atoms with Gasteiger partial charge in [0.2, 0.25) is 0 Å². The number of hydrogen-bond acceptors (Lipinski definition) is 4. The molecule has 0 fully saturated rings. The number of ether oxygens (including phenoxy) is 2. The zero-order chi connectivity index (χ0) is 19.0. The third-order valence-electron chi connectivity index (χ3n) is 3.83. The zero-order valence-corrected chi connectivity index (χ0v) is 16.3. The average Bonchev–Trinajstić information content (AvgIpc) is 2.65. The topological polar surface area (TPSA) is 72.0 Å². The van der Waals surface area contributed by atoms with Crippen LogP contribution in [0.2, 0.25) is 0 Å².